The molecule has 5 nitrogen and oxygen atoms in total. The summed E-state index contributed by atoms with van der Waals surface area (Å²) in [5.41, 5.74) is 0.940. The van der Waals surface area contributed by atoms with E-state index < -0.39 is 0 Å². The van der Waals surface area contributed by atoms with Gasteiger partial charge in [-0.25, -0.2) is 9.97 Å². The summed E-state index contributed by atoms with van der Waals surface area (Å²) in [5.74, 6) is 0.905. The second-order valence-corrected chi connectivity index (χ2v) is 5.44. The molecule has 2 heterocycles. The molecule has 2 fully saturated rings. The molecule has 0 N–H and O–H groups in total. The van der Waals surface area contributed by atoms with Crippen molar-refractivity contribution in [3.8, 4) is 0 Å². The fourth-order valence-electron chi connectivity index (χ4n) is 3.05. The number of nitrogens with zero attached hydrogens (tertiary/aromatic N) is 4. The minimum Gasteiger partial charge on any atom is -0.336 e. The highest BCUT2D eigenvalue weighted by Crippen LogP contribution is 2.25. The lowest BCUT2D eigenvalue weighted by Crippen LogP contribution is -2.54. The maximum atomic E-state index is 12.3. The molecule has 1 aromatic heterocycles. The smallest absolute Gasteiger partial charge is 0.242 e. The van der Waals surface area contributed by atoms with Crippen molar-refractivity contribution in [3.05, 3.63) is 18.0 Å². The molecular weight excluding hydrogens is 240 g/mol. The first-order valence-electron chi connectivity index (χ1n) is 7.08. The molecule has 1 aromatic rings. The number of carbonyl (C=O) groups is 1. The van der Waals surface area contributed by atoms with E-state index in [1.807, 2.05) is 17.9 Å². The number of anilines is 1. The molecule has 19 heavy (non-hydrogen) atoms. The number of piperazine rings is 1. The van der Waals surface area contributed by atoms with Crippen molar-refractivity contribution >= 4 is 11.9 Å². The van der Waals surface area contributed by atoms with Gasteiger partial charge in [0.2, 0.25) is 11.9 Å². The quantitative estimate of drug-likeness (QED) is 0.806. The van der Waals surface area contributed by atoms with Crippen LogP contribution < -0.4 is 4.90 Å². The van der Waals surface area contributed by atoms with Gasteiger partial charge in [-0.2, -0.15) is 0 Å². The Morgan fingerprint density at radius 2 is 2.05 bits per heavy atom. The number of carbonyl (C=O) groups excluding carboxylic acids is 1. The topological polar surface area (TPSA) is 49.3 Å². The third-order valence-electron chi connectivity index (χ3n) is 4.09. The molecule has 1 aliphatic carbocycles. The van der Waals surface area contributed by atoms with Crippen LogP contribution in [0.15, 0.2) is 12.3 Å². The van der Waals surface area contributed by atoms with Gasteiger partial charge in [-0.1, -0.05) is 12.8 Å². The van der Waals surface area contributed by atoms with Crippen LogP contribution >= 0.6 is 0 Å². The summed E-state index contributed by atoms with van der Waals surface area (Å²) in [5, 5.41) is 0. The van der Waals surface area contributed by atoms with Gasteiger partial charge in [-0.3, -0.25) is 4.79 Å². The maximum absolute atomic E-state index is 12.3. The van der Waals surface area contributed by atoms with Gasteiger partial charge in [-0.15, -0.1) is 0 Å². The molecule has 1 saturated heterocycles. The number of hydrogen-bond donors (Lipinski definition) is 0. The molecule has 1 aliphatic heterocycles. The average Bonchev–Trinajstić information content (AvgIpc) is 2.92. The normalized spacial score (nSPS) is 21.2. The summed E-state index contributed by atoms with van der Waals surface area (Å²) in [4.78, 5) is 25.0. The maximum Gasteiger partial charge on any atom is 0.242 e. The van der Waals surface area contributed by atoms with Gasteiger partial charge in [0.15, 0.2) is 0 Å². The zero-order valence-electron chi connectivity index (χ0n) is 11.4. The monoisotopic (exact) mass is 260 g/mol. The average molecular weight is 260 g/mol. The molecule has 0 bridgehead atoms. The van der Waals surface area contributed by atoms with E-state index in [0.29, 0.717) is 18.5 Å². The van der Waals surface area contributed by atoms with Crippen molar-refractivity contribution in [2.24, 2.45) is 0 Å². The predicted molar refractivity (Wildman–Crippen MR) is 73.0 cm³/mol. The van der Waals surface area contributed by atoms with Gasteiger partial charge in [0, 0.05) is 31.0 Å². The predicted octanol–water partition coefficient (Wildman–Crippen LogP) is 1.38. The molecule has 2 aliphatic rings. The molecular formula is C14H20N4O. The zero-order valence-corrected chi connectivity index (χ0v) is 11.4. The first kappa shape index (κ1) is 12.4. The Morgan fingerprint density at radius 3 is 2.74 bits per heavy atom. The molecule has 0 spiro atoms. The number of aryl methyl sites for hydroxylation is 1. The molecule has 102 valence electrons. The van der Waals surface area contributed by atoms with Crippen LogP contribution in [-0.2, 0) is 4.79 Å². The molecule has 5 heteroatoms. The van der Waals surface area contributed by atoms with E-state index in [0.717, 1.165) is 18.8 Å². The van der Waals surface area contributed by atoms with Crippen molar-refractivity contribution in [2.75, 3.05) is 24.5 Å². The van der Waals surface area contributed by atoms with E-state index in [1.54, 1.807) is 6.20 Å². The Balaban J connectivity index is 1.68. The van der Waals surface area contributed by atoms with E-state index in [4.69, 9.17) is 0 Å². The summed E-state index contributed by atoms with van der Waals surface area (Å²) < 4.78 is 0. The van der Waals surface area contributed by atoms with Crippen molar-refractivity contribution in [1.82, 2.24) is 14.9 Å². The van der Waals surface area contributed by atoms with Gasteiger partial charge in [-0.05, 0) is 25.8 Å². The van der Waals surface area contributed by atoms with Crippen molar-refractivity contribution in [1.29, 1.82) is 0 Å². The van der Waals surface area contributed by atoms with Crippen molar-refractivity contribution in [3.63, 3.8) is 0 Å². The van der Waals surface area contributed by atoms with E-state index in [-0.39, 0.29) is 5.91 Å². The van der Waals surface area contributed by atoms with E-state index >= 15 is 0 Å². The first-order chi connectivity index (χ1) is 9.24. The van der Waals surface area contributed by atoms with Gasteiger partial charge in [0.25, 0.3) is 0 Å². The second-order valence-electron chi connectivity index (χ2n) is 5.44. The highest BCUT2D eigenvalue weighted by atomic mass is 16.2. The van der Waals surface area contributed by atoms with Crippen LogP contribution in [0, 0.1) is 6.92 Å². The minimum atomic E-state index is 0.225. The van der Waals surface area contributed by atoms with E-state index in [9.17, 15) is 4.79 Å². The third-order valence-corrected chi connectivity index (χ3v) is 4.09. The lowest BCUT2D eigenvalue weighted by atomic mass is 10.2. The van der Waals surface area contributed by atoms with E-state index in [1.165, 1.54) is 25.7 Å². The van der Waals surface area contributed by atoms with Crippen LogP contribution in [0.1, 0.15) is 31.4 Å². The third kappa shape index (κ3) is 2.55. The summed E-state index contributed by atoms with van der Waals surface area (Å²) >= 11 is 0. The van der Waals surface area contributed by atoms with Crippen LogP contribution in [0.3, 0.4) is 0 Å². The summed E-state index contributed by atoms with van der Waals surface area (Å²) in [6.07, 6.45) is 6.63. The van der Waals surface area contributed by atoms with Crippen molar-refractivity contribution < 1.29 is 4.79 Å². The minimum absolute atomic E-state index is 0.225. The highest BCUT2D eigenvalue weighted by Gasteiger charge is 2.31. The van der Waals surface area contributed by atoms with E-state index in [2.05, 4.69) is 14.9 Å². The summed E-state index contributed by atoms with van der Waals surface area (Å²) in [6, 6.07) is 2.35. The van der Waals surface area contributed by atoms with Gasteiger partial charge >= 0.3 is 0 Å². The molecule has 0 unspecified atom stereocenters. The Bertz CT molecular complexity index is 470. The summed E-state index contributed by atoms with van der Waals surface area (Å²) in [7, 11) is 0. The van der Waals surface area contributed by atoms with Crippen LogP contribution in [0.25, 0.3) is 0 Å². The van der Waals surface area contributed by atoms with Crippen LogP contribution in [0.2, 0.25) is 0 Å². The Hall–Kier alpha value is -1.65. The van der Waals surface area contributed by atoms with Crippen LogP contribution in [0.4, 0.5) is 5.95 Å². The van der Waals surface area contributed by atoms with Crippen molar-refractivity contribution in [2.45, 2.75) is 38.6 Å². The molecule has 3 rings (SSSR count). The molecule has 0 atom stereocenters. The van der Waals surface area contributed by atoms with Gasteiger partial charge in [0.05, 0.1) is 0 Å². The van der Waals surface area contributed by atoms with Crippen LogP contribution in [0.5, 0.6) is 0 Å². The first-order valence-corrected chi connectivity index (χ1v) is 7.08. The Morgan fingerprint density at radius 1 is 1.26 bits per heavy atom. The fourth-order valence-corrected chi connectivity index (χ4v) is 3.05. The van der Waals surface area contributed by atoms with Gasteiger partial charge in [0.1, 0.15) is 6.54 Å². The summed E-state index contributed by atoms with van der Waals surface area (Å²) in [6.45, 7) is 4.01. The number of rotatable bonds is 2. The number of amides is 1. The molecule has 0 aromatic carbocycles. The second kappa shape index (κ2) is 5.15. The lowest BCUT2D eigenvalue weighted by Gasteiger charge is -2.37. The molecule has 0 radical (unpaired) electrons. The lowest BCUT2D eigenvalue weighted by molar-refractivity contribution is -0.133. The zero-order chi connectivity index (χ0) is 13.2. The SMILES string of the molecule is Cc1ccnc(N2CCN(C3CCCC3)C(=O)C2)n1. The Kier molecular flexibility index (Phi) is 3.36. The standard InChI is InChI=1S/C14H20N4O/c1-11-6-7-15-14(16-11)17-8-9-18(13(19)10-17)12-4-2-3-5-12/h6-7,12H,2-5,8-10H2,1H3. The highest BCUT2D eigenvalue weighted by molar-refractivity contribution is 5.82. The Labute approximate surface area is 113 Å². The number of aromatic nitrogens is 2. The molecule has 1 saturated carbocycles. The fraction of sp³-hybridized carbons (Fsp3) is 0.643. The number of hydrogen-bond acceptors (Lipinski definition) is 4. The molecule has 1 amide bonds. The van der Waals surface area contributed by atoms with Crippen LogP contribution in [-0.4, -0.2) is 46.5 Å². The van der Waals surface area contributed by atoms with Gasteiger partial charge < -0.3 is 9.80 Å². The largest absolute Gasteiger partial charge is 0.336 e.